The number of rotatable bonds is 4. The Balaban J connectivity index is 1.63. The lowest BCUT2D eigenvalue weighted by atomic mass is 10.1. The van der Waals surface area contributed by atoms with Gasteiger partial charge in [-0.15, -0.1) is 11.3 Å². The molecule has 124 valence electrons. The Morgan fingerprint density at radius 1 is 1.22 bits per heavy atom. The van der Waals surface area contributed by atoms with Crippen molar-refractivity contribution in [3.8, 4) is 0 Å². The molecule has 3 amide bonds. The first kappa shape index (κ1) is 15.9. The molecule has 1 saturated heterocycles. The molecule has 7 nitrogen and oxygen atoms in total. The van der Waals surface area contributed by atoms with Gasteiger partial charge in [-0.1, -0.05) is 0 Å². The van der Waals surface area contributed by atoms with Gasteiger partial charge in [-0.2, -0.15) is 0 Å². The van der Waals surface area contributed by atoms with E-state index in [1.165, 1.54) is 11.3 Å². The van der Waals surface area contributed by atoms with Crippen molar-refractivity contribution < 1.29 is 19.1 Å². The van der Waals surface area contributed by atoms with E-state index in [2.05, 4.69) is 10.6 Å². The minimum absolute atomic E-state index is 0.0292. The fourth-order valence-corrected chi connectivity index (χ4v) is 4.29. The highest BCUT2D eigenvalue weighted by atomic mass is 32.1. The van der Waals surface area contributed by atoms with Crippen LogP contribution in [0.3, 0.4) is 0 Å². The predicted molar refractivity (Wildman–Crippen MR) is 85.5 cm³/mol. The van der Waals surface area contributed by atoms with Crippen LogP contribution in [0.25, 0.3) is 0 Å². The van der Waals surface area contributed by atoms with E-state index in [-0.39, 0.29) is 6.10 Å². The number of fused-ring (bicyclic) bond motifs is 1. The summed E-state index contributed by atoms with van der Waals surface area (Å²) in [7, 11) is 0. The minimum Gasteiger partial charge on any atom is -0.376 e. The molecule has 1 atom stereocenters. The molecule has 1 aromatic heterocycles. The molecule has 0 spiro atoms. The molecule has 23 heavy (non-hydrogen) atoms. The van der Waals surface area contributed by atoms with Crippen LogP contribution in [-0.4, -0.2) is 37.0 Å². The molecule has 0 radical (unpaired) electrons. The molecular formula is C15H19N3O4S. The third-order valence-electron chi connectivity index (χ3n) is 4.12. The standard InChI is InChI=1S/C15H19N3O4S/c16-12(19)11-9-4-1-5-10(9)23-15(11)18-14(21)13(20)17-7-8-3-2-6-22-8/h8H,1-7H2,(H2,16,19)(H,17,20)(H,18,21)/t8-/m0/s1. The van der Waals surface area contributed by atoms with Crippen LogP contribution in [0, 0.1) is 0 Å². The van der Waals surface area contributed by atoms with Gasteiger partial charge in [0.15, 0.2) is 0 Å². The van der Waals surface area contributed by atoms with Crippen LogP contribution < -0.4 is 16.4 Å². The quantitative estimate of drug-likeness (QED) is 0.698. The maximum atomic E-state index is 12.0. The van der Waals surface area contributed by atoms with Gasteiger partial charge in [0, 0.05) is 18.0 Å². The lowest BCUT2D eigenvalue weighted by molar-refractivity contribution is -0.136. The maximum Gasteiger partial charge on any atom is 0.314 e. The van der Waals surface area contributed by atoms with Crippen molar-refractivity contribution in [2.75, 3.05) is 18.5 Å². The number of thiophene rings is 1. The molecule has 0 bridgehead atoms. The summed E-state index contributed by atoms with van der Waals surface area (Å²) in [5.41, 5.74) is 6.69. The number of nitrogens with one attached hydrogen (secondary N) is 2. The van der Waals surface area contributed by atoms with E-state index >= 15 is 0 Å². The van der Waals surface area contributed by atoms with Crippen LogP contribution in [0.2, 0.25) is 0 Å². The van der Waals surface area contributed by atoms with Gasteiger partial charge < -0.3 is 21.1 Å². The van der Waals surface area contributed by atoms with Crippen LogP contribution in [0.15, 0.2) is 0 Å². The van der Waals surface area contributed by atoms with Crippen LogP contribution in [-0.2, 0) is 27.2 Å². The molecule has 2 heterocycles. The predicted octanol–water partition coefficient (Wildman–Crippen LogP) is 0.569. The summed E-state index contributed by atoms with van der Waals surface area (Å²) in [4.78, 5) is 36.6. The monoisotopic (exact) mass is 337 g/mol. The molecule has 1 fully saturated rings. The number of anilines is 1. The fourth-order valence-electron chi connectivity index (χ4n) is 3.00. The maximum absolute atomic E-state index is 12.0. The SMILES string of the molecule is NC(=O)c1c(NC(=O)C(=O)NC[C@@H]2CCCO2)sc2c1CCC2. The number of hydrogen-bond donors (Lipinski definition) is 3. The van der Waals surface area contributed by atoms with Gasteiger partial charge in [0.25, 0.3) is 5.91 Å². The van der Waals surface area contributed by atoms with Crippen molar-refractivity contribution in [1.82, 2.24) is 5.32 Å². The number of amides is 3. The third-order valence-corrected chi connectivity index (χ3v) is 5.32. The summed E-state index contributed by atoms with van der Waals surface area (Å²) in [5, 5.41) is 5.45. The summed E-state index contributed by atoms with van der Waals surface area (Å²) in [6.45, 7) is 1.01. The van der Waals surface area contributed by atoms with Crippen molar-refractivity contribution in [2.24, 2.45) is 5.73 Å². The number of hydrogen-bond acceptors (Lipinski definition) is 5. The summed E-state index contributed by atoms with van der Waals surface area (Å²) in [5.74, 6) is -2.09. The molecule has 3 rings (SSSR count). The zero-order valence-corrected chi connectivity index (χ0v) is 13.5. The first-order valence-electron chi connectivity index (χ1n) is 7.71. The molecule has 1 aliphatic carbocycles. The number of ether oxygens (including phenoxy) is 1. The van der Waals surface area contributed by atoms with Gasteiger partial charge in [-0.25, -0.2) is 0 Å². The Kier molecular flexibility index (Phi) is 4.63. The molecule has 8 heteroatoms. The Morgan fingerprint density at radius 2 is 2.04 bits per heavy atom. The van der Waals surface area contributed by atoms with Gasteiger partial charge in [0.1, 0.15) is 5.00 Å². The van der Waals surface area contributed by atoms with E-state index in [9.17, 15) is 14.4 Å². The smallest absolute Gasteiger partial charge is 0.314 e. The highest BCUT2D eigenvalue weighted by molar-refractivity contribution is 7.17. The molecular weight excluding hydrogens is 318 g/mol. The number of aryl methyl sites for hydroxylation is 1. The topological polar surface area (TPSA) is 111 Å². The van der Waals surface area contributed by atoms with Crippen molar-refractivity contribution >= 4 is 34.1 Å². The minimum atomic E-state index is -0.787. The largest absolute Gasteiger partial charge is 0.376 e. The van der Waals surface area contributed by atoms with Gasteiger partial charge in [-0.05, 0) is 37.7 Å². The van der Waals surface area contributed by atoms with Gasteiger partial charge in [0.2, 0.25) is 0 Å². The number of carbonyl (C=O) groups is 3. The highest BCUT2D eigenvalue weighted by Crippen LogP contribution is 2.38. The van der Waals surface area contributed by atoms with E-state index in [1.54, 1.807) is 0 Å². The number of nitrogens with two attached hydrogens (primary N) is 1. The van der Waals surface area contributed by atoms with E-state index in [0.717, 1.165) is 42.5 Å². The normalized spacial score (nSPS) is 19.4. The highest BCUT2D eigenvalue weighted by Gasteiger charge is 2.27. The Morgan fingerprint density at radius 3 is 2.74 bits per heavy atom. The van der Waals surface area contributed by atoms with Crippen LogP contribution in [0.1, 0.15) is 40.1 Å². The number of carbonyl (C=O) groups excluding carboxylic acids is 3. The molecule has 4 N–H and O–H groups in total. The zero-order chi connectivity index (χ0) is 16.4. The van der Waals surface area contributed by atoms with Gasteiger partial charge >= 0.3 is 11.8 Å². The van der Waals surface area contributed by atoms with E-state index in [1.807, 2.05) is 0 Å². The van der Waals surface area contributed by atoms with E-state index in [0.29, 0.717) is 23.7 Å². The molecule has 2 aliphatic rings. The second-order valence-electron chi connectivity index (χ2n) is 5.72. The molecule has 0 saturated carbocycles. The van der Waals surface area contributed by atoms with Crippen LogP contribution in [0.4, 0.5) is 5.00 Å². The van der Waals surface area contributed by atoms with Crippen molar-refractivity contribution in [2.45, 2.75) is 38.2 Å². The lowest BCUT2D eigenvalue weighted by Crippen LogP contribution is -2.39. The van der Waals surface area contributed by atoms with Crippen molar-refractivity contribution in [3.05, 3.63) is 16.0 Å². The third kappa shape index (κ3) is 3.37. The molecule has 1 aromatic rings. The average Bonchev–Trinajstić information content (AvgIpc) is 3.20. The summed E-state index contributed by atoms with van der Waals surface area (Å²) < 4.78 is 5.39. The summed E-state index contributed by atoms with van der Waals surface area (Å²) in [6.07, 6.45) is 4.46. The second-order valence-corrected chi connectivity index (χ2v) is 6.83. The molecule has 0 aromatic carbocycles. The van der Waals surface area contributed by atoms with Crippen molar-refractivity contribution in [1.29, 1.82) is 0 Å². The average molecular weight is 337 g/mol. The van der Waals surface area contributed by atoms with Gasteiger partial charge in [-0.3, -0.25) is 14.4 Å². The fraction of sp³-hybridized carbons (Fsp3) is 0.533. The molecule has 1 aliphatic heterocycles. The van der Waals surface area contributed by atoms with E-state index < -0.39 is 17.7 Å². The summed E-state index contributed by atoms with van der Waals surface area (Å²) in [6, 6.07) is 0. The summed E-state index contributed by atoms with van der Waals surface area (Å²) >= 11 is 1.33. The second kappa shape index (κ2) is 6.67. The first-order chi connectivity index (χ1) is 11.1. The lowest BCUT2D eigenvalue weighted by Gasteiger charge is -2.10. The Labute approximate surface area is 137 Å². The number of primary amides is 1. The van der Waals surface area contributed by atoms with E-state index in [4.69, 9.17) is 10.5 Å². The van der Waals surface area contributed by atoms with Gasteiger partial charge in [0.05, 0.1) is 11.7 Å². The Bertz CT molecular complexity index is 649. The van der Waals surface area contributed by atoms with Crippen LogP contribution in [0.5, 0.6) is 0 Å². The Hall–Kier alpha value is -1.93. The van der Waals surface area contributed by atoms with Crippen molar-refractivity contribution in [3.63, 3.8) is 0 Å². The molecule has 0 unspecified atom stereocenters. The van der Waals surface area contributed by atoms with Crippen LogP contribution >= 0.6 is 11.3 Å². The first-order valence-corrected chi connectivity index (χ1v) is 8.53. The zero-order valence-electron chi connectivity index (χ0n) is 12.6.